The maximum atomic E-state index is 13.1. The Morgan fingerprint density at radius 1 is 1.14 bits per heavy atom. The zero-order valence-electron chi connectivity index (χ0n) is 15.6. The SMILES string of the molecule is CC1CNCCC1NC(=O)c1cc(-c2ccncc2)nc2ccccc12.Cl.Cl. The van der Waals surface area contributed by atoms with E-state index in [-0.39, 0.29) is 36.8 Å². The first-order chi connectivity index (χ1) is 12.7. The lowest BCUT2D eigenvalue weighted by atomic mass is 9.94. The van der Waals surface area contributed by atoms with E-state index < -0.39 is 0 Å². The van der Waals surface area contributed by atoms with Crippen molar-refractivity contribution in [2.45, 2.75) is 19.4 Å². The highest BCUT2D eigenvalue weighted by Crippen LogP contribution is 2.25. The van der Waals surface area contributed by atoms with Crippen molar-refractivity contribution in [3.05, 3.63) is 60.4 Å². The third-order valence-corrected chi connectivity index (χ3v) is 5.04. The summed E-state index contributed by atoms with van der Waals surface area (Å²) >= 11 is 0. The van der Waals surface area contributed by atoms with Crippen molar-refractivity contribution in [3.63, 3.8) is 0 Å². The molecule has 1 aromatic carbocycles. The van der Waals surface area contributed by atoms with Crippen LogP contribution in [0.25, 0.3) is 22.2 Å². The number of nitrogens with one attached hydrogen (secondary N) is 2. The number of rotatable bonds is 3. The number of para-hydroxylation sites is 1. The molecule has 0 bridgehead atoms. The molecule has 2 unspecified atom stereocenters. The normalized spacial score (nSPS) is 18.6. The Hall–Kier alpha value is -2.21. The quantitative estimate of drug-likeness (QED) is 0.677. The number of benzene rings is 1. The van der Waals surface area contributed by atoms with Crippen molar-refractivity contribution in [2.24, 2.45) is 5.92 Å². The zero-order chi connectivity index (χ0) is 17.9. The smallest absolute Gasteiger partial charge is 0.252 e. The summed E-state index contributed by atoms with van der Waals surface area (Å²) in [6, 6.07) is 13.7. The molecule has 7 heteroatoms. The summed E-state index contributed by atoms with van der Waals surface area (Å²) in [5.74, 6) is 0.387. The van der Waals surface area contributed by atoms with E-state index in [1.807, 2.05) is 42.5 Å². The van der Waals surface area contributed by atoms with E-state index in [1.165, 1.54) is 0 Å². The minimum absolute atomic E-state index is 0. The standard InChI is InChI=1S/C21H22N4O.2ClH/c1-14-13-23-11-8-18(14)25-21(26)17-12-20(15-6-9-22-10-7-15)24-19-5-3-2-4-16(17)19;;/h2-7,9-10,12,14,18,23H,8,11,13H2,1H3,(H,25,26);2*1H. The number of fused-ring (bicyclic) bond motifs is 1. The molecule has 1 aliphatic heterocycles. The minimum Gasteiger partial charge on any atom is -0.349 e. The Morgan fingerprint density at radius 3 is 2.64 bits per heavy atom. The van der Waals surface area contributed by atoms with E-state index in [4.69, 9.17) is 4.98 Å². The van der Waals surface area contributed by atoms with Gasteiger partial charge in [0.05, 0.1) is 16.8 Å². The van der Waals surface area contributed by atoms with Gasteiger partial charge in [0.25, 0.3) is 5.91 Å². The molecule has 0 radical (unpaired) electrons. The maximum Gasteiger partial charge on any atom is 0.252 e. The number of halogens is 2. The molecule has 148 valence electrons. The van der Waals surface area contributed by atoms with Gasteiger partial charge in [-0.3, -0.25) is 9.78 Å². The molecule has 1 fully saturated rings. The fourth-order valence-corrected chi connectivity index (χ4v) is 3.51. The van der Waals surface area contributed by atoms with Crippen LogP contribution < -0.4 is 10.6 Å². The van der Waals surface area contributed by atoms with Gasteiger partial charge < -0.3 is 10.6 Å². The second kappa shape index (κ2) is 9.82. The average molecular weight is 419 g/mol. The van der Waals surface area contributed by atoms with Gasteiger partial charge in [-0.15, -0.1) is 24.8 Å². The fourth-order valence-electron chi connectivity index (χ4n) is 3.51. The number of piperidine rings is 1. The van der Waals surface area contributed by atoms with Gasteiger partial charge in [0, 0.05) is 29.4 Å². The third kappa shape index (κ3) is 4.61. The Bertz CT molecular complexity index is 936. The molecule has 1 saturated heterocycles. The molecule has 3 heterocycles. The monoisotopic (exact) mass is 418 g/mol. The lowest BCUT2D eigenvalue weighted by Gasteiger charge is -2.30. The van der Waals surface area contributed by atoms with Crippen molar-refractivity contribution >= 4 is 41.6 Å². The lowest BCUT2D eigenvalue weighted by molar-refractivity contribution is 0.0916. The van der Waals surface area contributed by atoms with E-state index in [0.29, 0.717) is 11.5 Å². The van der Waals surface area contributed by atoms with Gasteiger partial charge in [-0.25, -0.2) is 4.98 Å². The van der Waals surface area contributed by atoms with Gasteiger partial charge in [0.1, 0.15) is 0 Å². The average Bonchev–Trinajstić information content (AvgIpc) is 2.69. The number of amides is 1. The van der Waals surface area contributed by atoms with E-state index in [2.05, 4.69) is 22.5 Å². The Labute approximate surface area is 177 Å². The summed E-state index contributed by atoms with van der Waals surface area (Å²) in [6.07, 6.45) is 4.43. The van der Waals surface area contributed by atoms with Crippen molar-refractivity contribution in [1.82, 2.24) is 20.6 Å². The van der Waals surface area contributed by atoms with Gasteiger partial charge in [-0.2, -0.15) is 0 Å². The van der Waals surface area contributed by atoms with Gasteiger partial charge in [-0.05, 0) is 49.7 Å². The van der Waals surface area contributed by atoms with Crippen LogP contribution in [0.5, 0.6) is 0 Å². The number of aromatic nitrogens is 2. The Kier molecular flexibility index (Phi) is 7.75. The van der Waals surface area contributed by atoms with Gasteiger partial charge >= 0.3 is 0 Å². The minimum atomic E-state index is -0.0299. The van der Waals surface area contributed by atoms with Crippen molar-refractivity contribution in [2.75, 3.05) is 13.1 Å². The van der Waals surface area contributed by atoms with E-state index in [0.717, 1.165) is 41.7 Å². The highest BCUT2D eigenvalue weighted by Gasteiger charge is 2.24. The Balaban J connectivity index is 0.00000140. The molecule has 28 heavy (non-hydrogen) atoms. The van der Waals surface area contributed by atoms with Crippen molar-refractivity contribution in [1.29, 1.82) is 0 Å². The molecule has 2 N–H and O–H groups in total. The van der Waals surface area contributed by atoms with Crippen LogP contribution in [0.4, 0.5) is 0 Å². The summed E-state index contributed by atoms with van der Waals surface area (Å²) in [4.78, 5) is 21.9. The molecular formula is C21H24Cl2N4O. The summed E-state index contributed by atoms with van der Waals surface area (Å²) in [5, 5.41) is 7.49. The number of hydrogen-bond donors (Lipinski definition) is 2. The first-order valence-corrected chi connectivity index (χ1v) is 9.04. The van der Waals surface area contributed by atoms with Crippen LogP contribution in [-0.4, -0.2) is 35.0 Å². The van der Waals surface area contributed by atoms with Crippen molar-refractivity contribution in [3.8, 4) is 11.3 Å². The summed E-state index contributed by atoms with van der Waals surface area (Å²) in [5.41, 5.74) is 3.24. The molecule has 1 aliphatic rings. The third-order valence-electron chi connectivity index (χ3n) is 5.04. The van der Waals surface area contributed by atoms with Crippen LogP contribution >= 0.6 is 24.8 Å². The van der Waals surface area contributed by atoms with Crippen LogP contribution in [-0.2, 0) is 0 Å². The van der Waals surface area contributed by atoms with E-state index in [1.54, 1.807) is 12.4 Å². The van der Waals surface area contributed by atoms with Crippen LogP contribution in [0.2, 0.25) is 0 Å². The topological polar surface area (TPSA) is 66.9 Å². The molecule has 2 atom stereocenters. The predicted molar refractivity (Wildman–Crippen MR) is 117 cm³/mol. The molecule has 0 aliphatic carbocycles. The molecule has 3 aromatic rings. The van der Waals surface area contributed by atoms with Crippen molar-refractivity contribution < 1.29 is 4.79 Å². The highest BCUT2D eigenvalue weighted by atomic mass is 35.5. The first-order valence-electron chi connectivity index (χ1n) is 9.04. The lowest BCUT2D eigenvalue weighted by Crippen LogP contribution is -2.48. The second-order valence-electron chi connectivity index (χ2n) is 6.86. The molecule has 2 aromatic heterocycles. The number of hydrogen-bond acceptors (Lipinski definition) is 4. The second-order valence-corrected chi connectivity index (χ2v) is 6.86. The molecule has 1 amide bonds. The summed E-state index contributed by atoms with van der Waals surface area (Å²) in [6.45, 7) is 4.04. The Morgan fingerprint density at radius 2 is 1.89 bits per heavy atom. The number of pyridine rings is 2. The first kappa shape index (κ1) is 22.1. The van der Waals surface area contributed by atoms with Gasteiger partial charge in [0.2, 0.25) is 0 Å². The molecule has 4 rings (SSSR count). The van der Waals surface area contributed by atoms with Crippen LogP contribution in [0, 0.1) is 5.92 Å². The highest BCUT2D eigenvalue weighted by molar-refractivity contribution is 6.07. The summed E-state index contributed by atoms with van der Waals surface area (Å²) in [7, 11) is 0. The van der Waals surface area contributed by atoms with Crippen LogP contribution in [0.1, 0.15) is 23.7 Å². The largest absolute Gasteiger partial charge is 0.349 e. The molecular weight excluding hydrogens is 395 g/mol. The summed E-state index contributed by atoms with van der Waals surface area (Å²) < 4.78 is 0. The predicted octanol–water partition coefficient (Wildman–Crippen LogP) is 3.87. The van der Waals surface area contributed by atoms with E-state index in [9.17, 15) is 4.79 Å². The fraction of sp³-hybridized carbons (Fsp3) is 0.286. The van der Waals surface area contributed by atoms with Gasteiger partial charge in [0.15, 0.2) is 0 Å². The number of nitrogens with zero attached hydrogens (tertiary/aromatic N) is 2. The zero-order valence-corrected chi connectivity index (χ0v) is 17.2. The van der Waals surface area contributed by atoms with Gasteiger partial charge in [-0.1, -0.05) is 25.1 Å². The van der Waals surface area contributed by atoms with Crippen LogP contribution in [0.3, 0.4) is 0 Å². The maximum absolute atomic E-state index is 13.1. The van der Waals surface area contributed by atoms with E-state index >= 15 is 0 Å². The number of carbonyl (C=O) groups is 1. The molecule has 5 nitrogen and oxygen atoms in total. The van der Waals surface area contributed by atoms with Crippen LogP contribution in [0.15, 0.2) is 54.9 Å². The molecule has 0 spiro atoms. The molecule has 0 saturated carbocycles. The number of carbonyl (C=O) groups excluding carboxylic acids is 1.